The maximum Gasteiger partial charge on any atom is 0.0999 e. The molecule has 0 saturated heterocycles. The van der Waals surface area contributed by atoms with Crippen molar-refractivity contribution in [2.24, 2.45) is 0 Å². The number of benzene rings is 1. The van der Waals surface area contributed by atoms with Crippen LogP contribution < -0.4 is 0 Å². The fourth-order valence-electron chi connectivity index (χ4n) is 1.86. The third-order valence-electron chi connectivity index (χ3n) is 2.62. The number of rotatable bonds is 0. The Kier molecular flexibility index (Phi) is 2.17. The van der Waals surface area contributed by atoms with Crippen LogP contribution in [0.1, 0.15) is 22.4 Å². The van der Waals surface area contributed by atoms with Crippen molar-refractivity contribution < 1.29 is 0 Å². The lowest BCUT2D eigenvalue weighted by Crippen LogP contribution is -1.93. The second-order valence-corrected chi connectivity index (χ2v) is 3.85. The lowest BCUT2D eigenvalue weighted by molar-refractivity contribution is 1.23. The summed E-state index contributed by atoms with van der Waals surface area (Å²) in [7, 11) is 0. The molecule has 1 aromatic heterocycles. The number of hydrogen-bond acceptors (Lipinski definition) is 2. The highest BCUT2D eigenvalue weighted by Crippen LogP contribution is 2.24. The first kappa shape index (κ1) is 9.67. The van der Waals surface area contributed by atoms with Crippen molar-refractivity contribution in [3.63, 3.8) is 0 Å². The predicted molar refractivity (Wildman–Crippen MR) is 60.7 cm³/mol. The van der Waals surface area contributed by atoms with Crippen LogP contribution in [0.3, 0.4) is 0 Å². The lowest BCUT2D eigenvalue weighted by atomic mass is 10.0. The van der Waals surface area contributed by atoms with Gasteiger partial charge >= 0.3 is 0 Å². The van der Waals surface area contributed by atoms with Crippen molar-refractivity contribution in [1.82, 2.24) is 4.98 Å². The number of pyridine rings is 1. The van der Waals surface area contributed by atoms with Crippen LogP contribution in [-0.2, 0) is 0 Å². The molecule has 0 aliphatic heterocycles. The van der Waals surface area contributed by atoms with Gasteiger partial charge in [0.25, 0.3) is 0 Å². The summed E-state index contributed by atoms with van der Waals surface area (Å²) in [4.78, 5) is 4.49. The van der Waals surface area contributed by atoms with Crippen LogP contribution in [0.5, 0.6) is 0 Å². The minimum absolute atomic E-state index is 0.721. The molecule has 2 heteroatoms. The van der Waals surface area contributed by atoms with Crippen molar-refractivity contribution in [1.29, 1.82) is 5.26 Å². The number of aromatic nitrogens is 1. The zero-order valence-electron chi connectivity index (χ0n) is 9.13. The third-order valence-corrected chi connectivity index (χ3v) is 2.62. The Hall–Kier alpha value is -1.88. The normalized spacial score (nSPS) is 10.3. The summed E-state index contributed by atoms with van der Waals surface area (Å²) in [6, 6.07) is 8.16. The van der Waals surface area contributed by atoms with Gasteiger partial charge in [-0.15, -0.1) is 0 Å². The summed E-state index contributed by atoms with van der Waals surface area (Å²) >= 11 is 0. The quantitative estimate of drug-likeness (QED) is 0.649. The van der Waals surface area contributed by atoms with E-state index in [1.807, 2.05) is 39.0 Å². The minimum atomic E-state index is 0.721. The van der Waals surface area contributed by atoms with Gasteiger partial charge in [0.1, 0.15) is 0 Å². The molecule has 0 aliphatic rings. The van der Waals surface area contributed by atoms with Gasteiger partial charge < -0.3 is 0 Å². The predicted octanol–water partition coefficient (Wildman–Crippen LogP) is 3.03. The van der Waals surface area contributed by atoms with Gasteiger partial charge in [-0.3, -0.25) is 4.98 Å². The van der Waals surface area contributed by atoms with Crippen molar-refractivity contribution >= 4 is 10.9 Å². The summed E-state index contributed by atoms with van der Waals surface area (Å²) in [6.07, 6.45) is 0. The van der Waals surface area contributed by atoms with Crippen molar-refractivity contribution in [3.8, 4) is 6.07 Å². The molecule has 15 heavy (non-hydrogen) atoms. The summed E-state index contributed by atoms with van der Waals surface area (Å²) in [6.45, 7) is 5.96. The van der Waals surface area contributed by atoms with Crippen LogP contribution in [0.4, 0.5) is 0 Å². The zero-order valence-corrected chi connectivity index (χ0v) is 9.13. The van der Waals surface area contributed by atoms with Crippen molar-refractivity contribution in [2.45, 2.75) is 20.8 Å². The second-order valence-electron chi connectivity index (χ2n) is 3.85. The summed E-state index contributed by atoms with van der Waals surface area (Å²) in [5.74, 6) is 0. The first-order valence-electron chi connectivity index (χ1n) is 4.91. The Morgan fingerprint density at radius 1 is 1.13 bits per heavy atom. The minimum Gasteiger partial charge on any atom is -0.253 e. The fraction of sp³-hybridized carbons (Fsp3) is 0.231. The first-order valence-corrected chi connectivity index (χ1v) is 4.91. The molecule has 74 valence electrons. The van der Waals surface area contributed by atoms with Crippen LogP contribution in [0.15, 0.2) is 18.2 Å². The van der Waals surface area contributed by atoms with Crippen molar-refractivity contribution in [3.05, 3.63) is 40.6 Å². The Labute approximate surface area is 89.2 Å². The van der Waals surface area contributed by atoms with Crippen LogP contribution >= 0.6 is 0 Å². The molecule has 0 amide bonds. The monoisotopic (exact) mass is 196 g/mol. The van der Waals surface area contributed by atoms with Crippen molar-refractivity contribution in [2.75, 3.05) is 0 Å². The molecule has 0 fully saturated rings. The van der Waals surface area contributed by atoms with E-state index in [0.29, 0.717) is 0 Å². The molecular weight excluding hydrogens is 184 g/mol. The molecule has 0 spiro atoms. The highest BCUT2D eigenvalue weighted by molar-refractivity contribution is 5.90. The lowest BCUT2D eigenvalue weighted by Gasteiger charge is -2.07. The molecule has 0 aliphatic carbocycles. The van der Waals surface area contributed by atoms with E-state index in [-0.39, 0.29) is 0 Å². The molecule has 0 atom stereocenters. The average Bonchev–Trinajstić information content (AvgIpc) is 2.22. The molecule has 2 nitrogen and oxygen atoms in total. The molecule has 2 aromatic rings. The number of aryl methyl sites for hydroxylation is 3. The molecule has 0 radical (unpaired) electrons. The molecule has 1 aromatic carbocycles. The van der Waals surface area contributed by atoms with E-state index in [4.69, 9.17) is 5.26 Å². The highest BCUT2D eigenvalue weighted by Gasteiger charge is 2.07. The van der Waals surface area contributed by atoms with Crippen LogP contribution in [0.25, 0.3) is 10.9 Å². The summed E-state index contributed by atoms with van der Waals surface area (Å²) in [5.41, 5.74) is 4.80. The van der Waals surface area contributed by atoms with E-state index in [9.17, 15) is 0 Å². The molecule has 0 N–H and O–H groups in total. The van der Waals surface area contributed by atoms with Gasteiger partial charge in [-0.1, -0.05) is 12.1 Å². The van der Waals surface area contributed by atoms with Gasteiger partial charge in [-0.25, -0.2) is 0 Å². The molecule has 2 rings (SSSR count). The molecule has 1 heterocycles. The standard InChI is InChI=1S/C13H12N2/c1-8-4-5-9(2)13-12(8)11(7-14)6-10(3)15-13/h4-6H,1-3H3. The van der Waals surface area contributed by atoms with Gasteiger partial charge in [-0.05, 0) is 38.0 Å². The van der Waals surface area contributed by atoms with E-state index in [0.717, 1.165) is 33.3 Å². The Morgan fingerprint density at radius 2 is 1.80 bits per heavy atom. The highest BCUT2D eigenvalue weighted by atomic mass is 14.7. The van der Waals surface area contributed by atoms with E-state index < -0.39 is 0 Å². The zero-order chi connectivity index (χ0) is 11.0. The van der Waals surface area contributed by atoms with Crippen LogP contribution in [0, 0.1) is 32.1 Å². The molecule has 0 bridgehead atoms. The SMILES string of the molecule is Cc1cc(C#N)c2c(C)ccc(C)c2n1. The Morgan fingerprint density at radius 3 is 2.47 bits per heavy atom. The Balaban J connectivity index is 3.03. The third kappa shape index (κ3) is 1.46. The molecule has 0 unspecified atom stereocenters. The van der Waals surface area contributed by atoms with Gasteiger partial charge in [0.05, 0.1) is 17.1 Å². The maximum absolute atomic E-state index is 9.10. The number of nitriles is 1. The molecule has 0 saturated carbocycles. The summed E-state index contributed by atoms with van der Waals surface area (Å²) in [5, 5.41) is 10.1. The number of nitrogens with zero attached hydrogens (tertiary/aromatic N) is 2. The van der Waals surface area contributed by atoms with Crippen LogP contribution in [0.2, 0.25) is 0 Å². The average molecular weight is 196 g/mol. The largest absolute Gasteiger partial charge is 0.253 e. The smallest absolute Gasteiger partial charge is 0.0999 e. The van der Waals surface area contributed by atoms with E-state index >= 15 is 0 Å². The van der Waals surface area contributed by atoms with Gasteiger partial charge in [0.2, 0.25) is 0 Å². The second kappa shape index (κ2) is 3.36. The van der Waals surface area contributed by atoms with Crippen LogP contribution in [-0.4, -0.2) is 4.98 Å². The number of hydrogen-bond donors (Lipinski definition) is 0. The van der Waals surface area contributed by atoms with Gasteiger partial charge in [-0.2, -0.15) is 5.26 Å². The van der Waals surface area contributed by atoms with Gasteiger partial charge in [0.15, 0.2) is 0 Å². The number of fused-ring (bicyclic) bond motifs is 1. The van der Waals surface area contributed by atoms with E-state index in [2.05, 4.69) is 11.1 Å². The van der Waals surface area contributed by atoms with E-state index in [1.54, 1.807) is 0 Å². The maximum atomic E-state index is 9.10. The van der Waals surface area contributed by atoms with Gasteiger partial charge in [0, 0.05) is 11.1 Å². The first-order chi connectivity index (χ1) is 7.13. The molecular formula is C13H12N2. The summed E-state index contributed by atoms with van der Waals surface area (Å²) < 4.78 is 0. The van der Waals surface area contributed by atoms with E-state index in [1.165, 1.54) is 0 Å². The topological polar surface area (TPSA) is 36.7 Å². The Bertz CT molecular complexity index is 577. The fourth-order valence-corrected chi connectivity index (χ4v) is 1.86.